The monoisotopic (exact) mass is 331 g/mol. The first-order valence-electron chi connectivity index (χ1n) is 8.89. The van der Waals surface area contributed by atoms with Gasteiger partial charge in [0.25, 0.3) is 0 Å². The number of ether oxygens (including phenoxy) is 1. The number of hydrogen-bond acceptors (Lipinski definition) is 3. The average molecular weight is 331 g/mol. The normalized spacial score (nSPS) is 29.5. The van der Waals surface area contributed by atoms with Gasteiger partial charge in [-0.25, -0.2) is 0 Å². The quantitative estimate of drug-likeness (QED) is 0.549. The second-order valence-electron chi connectivity index (χ2n) is 7.15. The molecule has 3 atom stereocenters. The second-order valence-corrected chi connectivity index (χ2v) is 7.15. The Morgan fingerprint density at radius 1 is 1.42 bits per heavy atom. The topological polar surface area (TPSA) is 65.9 Å². The molecule has 0 aromatic heterocycles. The Morgan fingerprint density at radius 3 is 2.92 bits per heavy atom. The van der Waals surface area contributed by atoms with Crippen LogP contribution >= 0.6 is 0 Å². The summed E-state index contributed by atoms with van der Waals surface area (Å²) in [5, 5.41) is 16.3. The van der Waals surface area contributed by atoms with Crippen LogP contribution in [-0.4, -0.2) is 50.5 Å². The Balaban J connectivity index is 1.52. The zero-order valence-electron chi connectivity index (χ0n) is 14.7. The van der Waals surface area contributed by atoms with E-state index in [9.17, 15) is 5.11 Å². The van der Waals surface area contributed by atoms with Crippen LogP contribution in [0.15, 0.2) is 29.3 Å². The summed E-state index contributed by atoms with van der Waals surface area (Å²) in [7, 11) is 1.81. The molecule has 24 heavy (non-hydrogen) atoms. The number of rotatable bonds is 6. The van der Waals surface area contributed by atoms with Crippen LogP contribution in [0.1, 0.15) is 36.3 Å². The van der Waals surface area contributed by atoms with E-state index in [1.807, 2.05) is 7.05 Å². The molecule has 1 saturated heterocycles. The van der Waals surface area contributed by atoms with Crippen LogP contribution in [0.25, 0.3) is 0 Å². The van der Waals surface area contributed by atoms with Crippen molar-refractivity contribution in [2.24, 2.45) is 10.4 Å². The molecule has 2 fully saturated rings. The molecule has 5 nitrogen and oxygen atoms in total. The molecule has 3 unspecified atom stereocenters. The van der Waals surface area contributed by atoms with E-state index >= 15 is 0 Å². The van der Waals surface area contributed by atoms with E-state index in [0.29, 0.717) is 18.6 Å². The molecule has 1 aromatic rings. The molecule has 0 spiro atoms. The lowest BCUT2D eigenvalue weighted by molar-refractivity contribution is 0.127. The molecule has 0 bridgehead atoms. The number of benzene rings is 1. The molecular weight excluding hydrogens is 302 g/mol. The lowest BCUT2D eigenvalue weighted by Crippen LogP contribution is -2.45. The van der Waals surface area contributed by atoms with Gasteiger partial charge in [0.2, 0.25) is 0 Å². The van der Waals surface area contributed by atoms with Crippen LogP contribution in [0.4, 0.5) is 0 Å². The number of nitrogens with one attached hydrogen (secondary N) is 2. The summed E-state index contributed by atoms with van der Waals surface area (Å²) in [4.78, 5) is 4.36. The Kier molecular flexibility index (Phi) is 5.41. The van der Waals surface area contributed by atoms with E-state index in [1.54, 1.807) is 0 Å². The molecule has 3 rings (SSSR count). The van der Waals surface area contributed by atoms with Gasteiger partial charge in [0.05, 0.1) is 6.61 Å². The molecule has 0 radical (unpaired) electrons. The lowest BCUT2D eigenvalue weighted by atomic mass is 9.84. The number of aliphatic hydroxyl groups is 1. The molecule has 2 aliphatic rings. The number of guanidine groups is 1. The van der Waals surface area contributed by atoms with Crippen molar-refractivity contribution in [1.29, 1.82) is 0 Å². The van der Waals surface area contributed by atoms with Gasteiger partial charge in [-0.3, -0.25) is 4.99 Å². The maximum atomic E-state index is 9.33. The van der Waals surface area contributed by atoms with E-state index in [4.69, 9.17) is 4.74 Å². The highest BCUT2D eigenvalue weighted by Gasteiger charge is 2.40. The minimum Gasteiger partial charge on any atom is -0.396 e. The van der Waals surface area contributed by atoms with Gasteiger partial charge in [0, 0.05) is 44.2 Å². The number of nitrogens with zero attached hydrogens (tertiary/aromatic N) is 1. The third-order valence-corrected chi connectivity index (χ3v) is 5.38. The Bertz CT molecular complexity index is 582. The number of aliphatic imine (C=N–C) groups is 1. The number of aryl methyl sites for hydroxylation is 1. The van der Waals surface area contributed by atoms with E-state index in [0.717, 1.165) is 38.4 Å². The van der Waals surface area contributed by atoms with Crippen molar-refractivity contribution in [1.82, 2.24) is 10.6 Å². The summed E-state index contributed by atoms with van der Waals surface area (Å²) in [6.45, 7) is 4.67. The zero-order chi connectivity index (χ0) is 17.0. The highest BCUT2D eigenvalue weighted by Crippen LogP contribution is 2.42. The smallest absolute Gasteiger partial charge is 0.191 e. The van der Waals surface area contributed by atoms with Crippen molar-refractivity contribution in [2.45, 2.75) is 38.1 Å². The summed E-state index contributed by atoms with van der Waals surface area (Å²) >= 11 is 0. The highest BCUT2D eigenvalue weighted by atomic mass is 16.5. The molecule has 1 aromatic carbocycles. The first-order chi connectivity index (χ1) is 11.7. The van der Waals surface area contributed by atoms with Gasteiger partial charge >= 0.3 is 0 Å². The van der Waals surface area contributed by atoms with Crippen LogP contribution in [0, 0.1) is 12.3 Å². The maximum Gasteiger partial charge on any atom is 0.191 e. The molecule has 1 heterocycles. The van der Waals surface area contributed by atoms with E-state index in [2.05, 4.69) is 46.8 Å². The predicted molar refractivity (Wildman–Crippen MR) is 96.4 cm³/mol. The van der Waals surface area contributed by atoms with Crippen LogP contribution < -0.4 is 10.6 Å². The van der Waals surface area contributed by atoms with Crippen molar-refractivity contribution in [3.8, 4) is 0 Å². The molecule has 1 saturated carbocycles. The molecule has 5 heteroatoms. The Hall–Kier alpha value is -1.59. The minimum absolute atomic E-state index is 0.0331. The third-order valence-electron chi connectivity index (χ3n) is 5.38. The van der Waals surface area contributed by atoms with Crippen molar-refractivity contribution < 1.29 is 9.84 Å². The maximum absolute atomic E-state index is 9.33. The fourth-order valence-electron chi connectivity index (χ4n) is 3.65. The van der Waals surface area contributed by atoms with Crippen molar-refractivity contribution >= 4 is 5.96 Å². The van der Waals surface area contributed by atoms with Crippen LogP contribution in [0.3, 0.4) is 0 Å². The van der Waals surface area contributed by atoms with Crippen molar-refractivity contribution in [2.75, 3.05) is 33.4 Å². The van der Waals surface area contributed by atoms with Gasteiger partial charge in [-0.15, -0.1) is 0 Å². The number of aliphatic hydroxyl groups excluding tert-OH is 1. The summed E-state index contributed by atoms with van der Waals surface area (Å²) < 4.78 is 5.55. The van der Waals surface area contributed by atoms with Crippen molar-refractivity contribution in [3.05, 3.63) is 35.4 Å². The van der Waals surface area contributed by atoms with E-state index in [1.165, 1.54) is 11.1 Å². The fraction of sp³-hybridized carbons (Fsp3) is 0.632. The summed E-state index contributed by atoms with van der Waals surface area (Å²) in [5.74, 6) is 1.42. The zero-order valence-corrected chi connectivity index (χ0v) is 14.7. The third kappa shape index (κ3) is 3.90. The largest absolute Gasteiger partial charge is 0.396 e. The molecule has 3 N–H and O–H groups in total. The molecular formula is C19H29N3O2. The van der Waals surface area contributed by atoms with Gasteiger partial charge in [-0.05, 0) is 37.3 Å². The fourth-order valence-corrected chi connectivity index (χ4v) is 3.65. The van der Waals surface area contributed by atoms with Gasteiger partial charge in [-0.1, -0.05) is 24.3 Å². The predicted octanol–water partition coefficient (Wildman–Crippen LogP) is 1.81. The van der Waals surface area contributed by atoms with Crippen LogP contribution in [-0.2, 0) is 4.74 Å². The first-order valence-corrected chi connectivity index (χ1v) is 8.89. The molecule has 1 aliphatic heterocycles. The molecule has 132 valence electrons. The minimum atomic E-state index is 0.0331. The SMILES string of the molecule is CN=C(NCC1(CCO)CCOC1)NC1CC1c1ccccc1C. The number of hydrogen-bond donors (Lipinski definition) is 3. The van der Waals surface area contributed by atoms with Gasteiger partial charge < -0.3 is 20.5 Å². The first kappa shape index (κ1) is 17.2. The summed E-state index contributed by atoms with van der Waals surface area (Å²) in [5.41, 5.74) is 2.83. The lowest BCUT2D eigenvalue weighted by Gasteiger charge is -2.27. The van der Waals surface area contributed by atoms with Gasteiger partial charge in [0.15, 0.2) is 5.96 Å². The van der Waals surface area contributed by atoms with Gasteiger partial charge in [0.1, 0.15) is 0 Å². The van der Waals surface area contributed by atoms with Crippen LogP contribution in [0.2, 0.25) is 0 Å². The second kappa shape index (κ2) is 7.53. The van der Waals surface area contributed by atoms with E-state index in [-0.39, 0.29) is 12.0 Å². The molecule has 1 aliphatic carbocycles. The van der Waals surface area contributed by atoms with Crippen LogP contribution in [0.5, 0.6) is 0 Å². The summed E-state index contributed by atoms with van der Waals surface area (Å²) in [6, 6.07) is 9.06. The van der Waals surface area contributed by atoms with Gasteiger partial charge in [-0.2, -0.15) is 0 Å². The van der Waals surface area contributed by atoms with E-state index < -0.39 is 0 Å². The highest BCUT2D eigenvalue weighted by molar-refractivity contribution is 5.80. The Labute approximate surface area is 144 Å². The van der Waals surface area contributed by atoms with Crippen molar-refractivity contribution in [3.63, 3.8) is 0 Å². The average Bonchev–Trinajstić information content (AvgIpc) is 3.19. The molecule has 0 amide bonds. The standard InChI is InChI=1S/C19H29N3O2/c1-14-5-3-4-6-15(14)16-11-17(16)22-18(20-2)21-12-19(7-9-23)8-10-24-13-19/h3-6,16-17,23H,7-13H2,1-2H3,(H2,20,21,22). The Morgan fingerprint density at radius 2 is 2.25 bits per heavy atom. The summed E-state index contributed by atoms with van der Waals surface area (Å²) in [6.07, 6.45) is 2.91.